The number of allylic oxidation sites excluding steroid dienone is 1. The molecule has 0 aromatic rings. The van der Waals surface area contributed by atoms with E-state index in [9.17, 15) is 8.42 Å². The van der Waals surface area contributed by atoms with Gasteiger partial charge in [0, 0.05) is 19.1 Å². The zero-order valence-corrected chi connectivity index (χ0v) is 12.1. The monoisotopic (exact) mass is 272 g/mol. The van der Waals surface area contributed by atoms with Crippen molar-refractivity contribution in [1.82, 2.24) is 9.62 Å². The lowest BCUT2D eigenvalue weighted by Crippen LogP contribution is -2.48. The summed E-state index contributed by atoms with van der Waals surface area (Å²) in [6.45, 7) is 3.98. The van der Waals surface area contributed by atoms with E-state index in [1.165, 1.54) is 23.4 Å². The smallest absolute Gasteiger partial charge is 0.211 e. The molecule has 2 aliphatic carbocycles. The van der Waals surface area contributed by atoms with Crippen LogP contribution >= 0.6 is 0 Å². The van der Waals surface area contributed by atoms with Gasteiger partial charge in [0.25, 0.3) is 0 Å². The number of nitrogens with zero attached hydrogens (tertiary/aromatic N) is 1. The number of hydrogen-bond acceptors (Lipinski definition) is 3. The molecule has 2 aliphatic rings. The lowest BCUT2D eigenvalue weighted by molar-refractivity contribution is 0.163. The minimum Gasteiger partial charge on any atom is -0.313 e. The van der Waals surface area contributed by atoms with Crippen molar-refractivity contribution in [3.63, 3.8) is 0 Å². The van der Waals surface area contributed by atoms with E-state index in [2.05, 4.69) is 17.5 Å². The molecule has 0 heterocycles. The van der Waals surface area contributed by atoms with Crippen LogP contribution in [0.1, 0.15) is 26.2 Å². The minimum atomic E-state index is -3.03. The average molecular weight is 272 g/mol. The number of rotatable bonds is 7. The van der Waals surface area contributed by atoms with Gasteiger partial charge in [-0.15, -0.1) is 0 Å². The lowest BCUT2D eigenvalue weighted by Gasteiger charge is -2.40. The SMILES string of the molecule is CCN(CCCNC1CC2CC=CC21)S(C)(=O)=O. The van der Waals surface area contributed by atoms with Gasteiger partial charge in [-0.05, 0) is 37.6 Å². The molecule has 0 aromatic carbocycles. The molecule has 0 saturated heterocycles. The van der Waals surface area contributed by atoms with Gasteiger partial charge < -0.3 is 5.32 Å². The molecule has 3 unspecified atom stereocenters. The summed E-state index contributed by atoms with van der Waals surface area (Å²) in [7, 11) is -3.03. The van der Waals surface area contributed by atoms with Crippen molar-refractivity contribution in [2.75, 3.05) is 25.9 Å². The summed E-state index contributed by atoms with van der Waals surface area (Å²) in [4.78, 5) is 0. The van der Waals surface area contributed by atoms with Gasteiger partial charge in [0.2, 0.25) is 10.0 Å². The highest BCUT2D eigenvalue weighted by Gasteiger charge is 2.40. The Morgan fingerprint density at radius 1 is 1.44 bits per heavy atom. The molecule has 0 aliphatic heterocycles. The van der Waals surface area contributed by atoms with Crippen LogP contribution < -0.4 is 5.32 Å². The van der Waals surface area contributed by atoms with E-state index in [4.69, 9.17) is 0 Å². The molecule has 1 fully saturated rings. The van der Waals surface area contributed by atoms with Crippen molar-refractivity contribution in [3.8, 4) is 0 Å². The molecule has 1 N–H and O–H groups in total. The molecule has 2 rings (SSSR count). The predicted octanol–water partition coefficient (Wildman–Crippen LogP) is 1.21. The van der Waals surface area contributed by atoms with E-state index in [1.54, 1.807) is 0 Å². The van der Waals surface area contributed by atoms with Gasteiger partial charge in [-0.3, -0.25) is 0 Å². The van der Waals surface area contributed by atoms with Gasteiger partial charge >= 0.3 is 0 Å². The maximum absolute atomic E-state index is 11.4. The zero-order valence-electron chi connectivity index (χ0n) is 11.3. The van der Waals surface area contributed by atoms with Gasteiger partial charge in [-0.2, -0.15) is 0 Å². The van der Waals surface area contributed by atoms with E-state index in [0.29, 0.717) is 19.1 Å². The standard InChI is InChI=1S/C13H24N2O2S/c1-3-15(18(2,16)17)9-5-8-14-13-10-11-6-4-7-12(11)13/h4,7,11-14H,3,5-6,8-10H2,1-2H3. The Morgan fingerprint density at radius 2 is 2.22 bits per heavy atom. The van der Waals surface area contributed by atoms with E-state index in [-0.39, 0.29) is 0 Å². The molecular weight excluding hydrogens is 248 g/mol. The maximum Gasteiger partial charge on any atom is 0.211 e. The topological polar surface area (TPSA) is 49.4 Å². The van der Waals surface area contributed by atoms with Crippen LogP contribution in [0, 0.1) is 11.8 Å². The van der Waals surface area contributed by atoms with Crippen LogP contribution in [-0.2, 0) is 10.0 Å². The van der Waals surface area contributed by atoms with Crippen molar-refractivity contribution >= 4 is 10.0 Å². The quantitative estimate of drug-likeness (QED) is 0.560. The van der Waals surface area contributed by atoms with Gasteiger partial charge in [0.05, 0.1) is 6.26 Å². The number of fused-ring (bicyclic) bond motifs is 1. The van der Waals surface area contributed by atoms with E-state index < -0.39 is 10.0 Å². The van der Waals surface area contributed by atoms with Crippen LogP contribution in [0.2, 0.25) is 0 Å². The van der Waals surface area contributed by atoms with Crippen LogP contribution in [-0.4, -0.2) is 44.7 Å². The zero-order chi connectivity index (χ0) is 13.2. The van der Waals surface area contributed by atoms with E-state index in [0.717, 1.165) is 24.8 Å². The van der Waals surface area contributed by atoms with Crippen molar-refractivity contribution in [2.45, 2.75) is 32.2 Å². The normalized spacial score (nSPS) is 30.5. The highest BCUT2D eigenvalue weighted by molar-refractivity contribution is 7.88. The second kappa shape index (κ2) is 5.72. The molecular formula is C13H24N2O2S. The second-order valence-corrected chi connectivity index (χ2v) is 7.39. The third-order valence-electron chi connectivity index (χ3n) is 4.18. The summed E-state index contributed by atoms with van der Waals surface area (Å²) in [5.74, 6) is 1.62. The van der Waals surface area contributed by atoms with Crippen LogP contribution in [0.15, 0.2) is 12.2 Å². The third-order valence-corrected chi connectivity index (χ3v) is 5.55. The Bertz CT molecular complexity index is 405. The molecule has 0 bridgehead atoms. The fraction of sp³-hybridized carbons (Fsp3) is 0.846. The number of sulfonamides is 1. The third kappa shape index (κ3) is 3.13. The summed E-state index contributed by atoms with van der Waals surface area (Å²) < 4.78 is 24.3. The Hall–Kier alpha value is -0.390. The molecule has 0 amide bonds. The fourth-order valence-electron chi connectivity index (χ4n) is 3.05. The first-order valence-electron chi connectivity index (χ1n) is 6.87. The molecule has 0 spiro atoms. The average Bonchev–Trinajstić information content (AvgIpc) is 2.63. The van der Waals surface area contributed by atoms with Crippen LogP contribution in [0.5, 0.6) is 0 Å². The number of hydrogen-bond donors (Lipinski definition) is 1. The molecule has 3 atom stereocenters. The molecule has 18 heavy (non-hydrogen) atoms. The Morgan fingerprint density at radius 3 is 2.83 bits per heavy atom. The summed E-state index contributed by atoms with van der Waals surface area (Å²) in [6.07, 6.45) is 9.32. The molecule has 5 heteroatoms. The molecule has 0 aromatic heterocycles. The van der Waals surface area contributed by atoms with Crippen molar-refractivity contribution in [2.24, 2.45) is 11.8 Å². The highest BCUT2D eigenvalue weighted by atomic mass is 32.2. The Balaban J connectivity index is 1.63. The molecule has 0 radical (unpaired) electrons. The van der Waals surface area contributed by atoms with Crippen LogP contribution in [0.25, 0.3) is 0 Å². The van der Waals surface area contributed by atoms with Gasteiger partial charge in [0.15, 0.2) is 0 Å². The molecule has 4 nitrogen and oxygen atoms in total. The summed E-state index contributed by atoms with van der Waals surface area (Å²) in [5, 5.41) is 3.55. The van der Waals surface area contributed by atoms with Crippen LogP contribution in [0.3, 0.4) is 0 Å². The summed E-state index contributed by atoms with van der Waals surface area (Å²) >= 11 is 0. The second-order valence-electron chi connectivity index (χ2n) is 5.41. The van der Waals surface area contributed by atoms with Gasteiger partial charge in [-0.1, -0.05) is 19.1 Å². The van der Waals surface area contributed by atoms with Crippen molar-refractivity contribution in [1.29, 1.82) is 0 Å². The fourth-order valence-corrected chi connectivity index (χ4v) is 3.98. The Labute approximate surface area is 110 Å². The first kappa shape index (κ1) is 14.0. The van der Waals surface area contributed by atoms with Crippen molar-refractivity contribution in [3.05, 3.63) is 12.2 Å². The first-order chi connectivity index (χ1) is 8.52. The highest BCUT2D eigenvalue weighted by Crippen LogP contribution is 2.42. The van der Waals surface area contributed by atoms with E-state index >= 15 is 0 Å². The van der Waals surface area contributed by atoms with Gasteiger partial charge in [-0.25, -0.2) is 12.7 Å². The minimum absolute atomic E-state index is 0.565. The molecule has 1 saturated carbocycles. The summed E-state index contributed by atoms with van der Waals surface area (Å²) in [5.41, 5.74) is 0. The first-order valence-corrected chi connectivity index (χ1v) is 8.72. The van der Waals surface area contributed by atoms with Crippen molar-refractivity contribution < 1.29 is 8.42 Å². The summed E-state index contributed by atoms with van der Waals surface area (Å²) in [6, 6.07) is 0.627. The lowest BCUT2D eigenvalue weighted by atomic mass is 9.71. The largest absolute Gasteiger partial charge is 0.313 e. The number of nitrogens with one attached hydrogen (secondary N) is 1. The van der Waals surface area contributed by atoms with E-state index in [1.807, 2.05) is 6.92 Å². The Kier molecular flexibility index (Phi) is 4.45. The maximum atomic E-state index is 11.4. The molecule has 104 valence electrons. The predicted molar refractivity (Wildman–Crippen MR) is 73.9 cm³/mol. The van der Waals surface area contributed by atoms with Gasteiger partial charge in [0.1, 0.15) is 0 Å². The van der Waals surface area contributed by atoms with Crippen LogP contribution in [0.4, 0.5) is 0 Å².